The summed E-state index contributed by atoms with van der Waals surface area (Å²) in [5.74, 6) is -1.49. The number of sulfone groups is 1. The normalized spacial score (nSPS) is 18.2. The van der Waals surface area contributed by atoms with Gasteiger partial charge in [-0.3, -0.25) is 4.90 Å². The first-order valence-corrected chi connectivity index (χ1v) is 10.6. The van der Waals surface area contributed by atoms with Crippen LogP contribution in [0.4, 0.5) is 4.39 Å². The summed E-state index contributed by atoms with van der Waals surface area (Å²) in [7, 11) is -3.09. The Bertz CT molecular complexity index is 891. The summed E-state index contributed by atoms with van der Waals surface area (Å²) in [4.78, 5) is 14.6. The monoisotopic (exact) mass is 441 g/mol. The molecule has 1 aliphatic heterocycles. The van der Waals surface area contributed by atoms with Crippen LogP contribution in [0, 0.1) is 5.82 Å². The molecular weight excluding hydrogens is 425 g/mol. The first-order valence-electron chi connectivity index (χ1n) is 8.02. The lowest BCUT2D eigenvalue weighted by Gasteiger charge is -2.33. The molecule has 0 spiro atoms. The van der Waals surface area contributed by atoms with Crippen LogP contribution in [0.1, 0.15) is 11.6 Å². The van der Waals surface area contributed by atoms with E-state index < -0.39 is 27.7 Å². The third-order valence-electron chi connectivity index (χ3n) is 4.19. The van der Waals surface area contributed by atoms with Gasteiger partial charge in [-0.1, -0.05) is 46.3 Å². The van der Waals surface area contributed by atoms with E-state index in [9.17, 15) is 17.6 Å². The van der Waals surface area contributed by atoms with Crippen LogP contribution in [0.5, 0.6) is 5.75 Å². The number of hydrogen-bond acceptors (Lipinski definition) is 5. The Morgan fingerprint density at radius 2 is 1.77 bits per heavy atom. The fourth-order valence-electron chi connectivity index (χ4n) is 2.84. The number of esters is 1. The van der Waals surface area contributed by atoms with E-state index in [1.165, 1.54) is 12.1 Å². The zero-order valence-corrected chi connectivity index (χ0v) is 16.2. The van der Waals surface area contributed by atoms with Gasteiger partial charge in [0.05, 0.1) is 11.5 Å². The topological polar surface area (TPSA) is 63.7 Å². The molecule has 3 rings (SSSR count). The fourth-order valence-corrected chi connectivity index (χ4v) is 4.40. The molecule has 138 valence electrons. The second-order valence-corrected chi connectivity index (χ2v) is 9.22. The molecule has 0 N–H and O–H groups in total. The molecule has 1 fully saturated rings. The zero-order valence-electron chi connectivity index (χ0n) is 13.8. The van der Waals surface area contributed by atoms with E-state index in [1.54, 1.807) is 35.2 Å². The Kier molecular flexibility index (Phi) is 5.74. The number of halogens is 2. The molecule has 0 amide bonds. The SMILES string of the molecule is O=C(Oc1ccc(Br)cc1F)C(c1ccccc1)N1CCS(=O)(=O)CC1. The maximum absolute atomic E-state index is 14.0. The number of rotatable bonds is 4. The van der Waals surface area contributed by atoms with Crippen molar-refractivity contribution in [2.45, 2.75) is 6.04 Å². The lowest BCUT2D eigenvalue weighted by Crippen LogP contribution is -2.45. The number of benzene rings is 2. The lowest BCUT2D eigenvalue weighted by molar-refractivity contribution is -0.141. The fraction of sp³-hybridized carbons (Fsp3) is 0.278. The summed E-state index contributed by atoms with van der Waals surface area (Å²) in [6, 6.07) is 12.3. The molecule has 0 aliphatic carbocycles. The van der Waals surface area contributed by atoms with Crippen LogP contribution in [-0.2, 0) is 14.6 Å². The van der Waals surface area contributed by atoms with Gasteiger partial charge in [-0.25, -0.2) is 17.6 Å². The van der Waals surface area contributed by atoms with Gasteiger partial charge in [0.2, 0.25) is 0 Å². The van der Waals surface area contributed by atoms with Gasteiger partial charge in [0.25, 0.3) is 0 Å². The number of carbonyl (C=O) groups excluding carboxylic acids is 1. The molecule has 2 aromatic carbocycles. The van der Waals surface area contributed by atoms with Crippen LogP contribution >= 0.6 is 15.9 Å². The summed E-state index contributed by atoms with van der Waals surface area (Å²) in [5.41, 5.74) is 0.675. The summed E-state index contributed by atoms with van der Waals surface area (Å²) in [5, 5.41) is 0. The minimum absolute atomic E-state index is 0.0176. The van der Waals surface area contributed by atoms with Crippen molar-refractivity contribution >= 4 is 31.7 Å². The van der Waals surface area contributed by atoms with Gasteiger partial charge in [-0.15, -0.1) is 0 Å². The Labute approximate surface area is 159 Å². The number of hydrogen-bond donors (Lipinski definition) is 0. The molecule has 1 aliphatic rings. The molecule has 2 aromatic rings. The summed E-state index contributed by atoms with van der Waals surface area (Å²) < 4.78 is 43.2. The Balaban J connectivity index is 1.87. The number of nitrogens with zero attached hydrogens (tertiary/aromatic N) is 1. The second kappa shape index (κ2) is 7.85. The van der Waals surface area contributed by atoms with Crippen LogP contribution in [0.25, 0.3) is 0 Å². The van der Waals surface area contributed by atoms with Crippen LogP contribution < -0.4 is 4.74 Å². The first kappa shape index (κ1) is 19.0. The number of ether oxygens (including phenoxy) is 1. The molecule has 0 bridgehead atoms. The minimum Gasteiger partial charge on any atom is -0.422 e. The van der Waals surface area contributed by atoms with Crippen molar-refractivity contribution in [1.82, 2.24) is 4.90 Å². The molecule has 26 heavy (non-hydrogen) atoms. The summed E-state index contributed by atoms with van der Waals surface area (Å²) in [6.07, 6.45) is 0. The minimum atomic E-state index is -3.09. The zero-order chi connectivity index (χ0) is 18.7. The highest BCUT2D eigenvalue weighted by molar-refractivity contribution is 9.10. The molecule has 0 saturated carbocycles. The van der Waals surface area contributed by atoms with Gasteiger partial charge in [-0.05, 0) is 23.8 Å². The highest BCUT2D eigenvalue weighted by Crippen LogP contribution is 2.27. The smallest absolute Gasteiger partial charge is 0.333 e. The van der Waals surface area contributed by atoms with E-state index >= 15 is 0 Å². The van der Waals surface area contributed by atoms with Crippen LogP contribution in [0.15, 0.2) is 53.0 Å². The van der Waals surface area contributed by atoms with Gasteiger partial charge < -0.3 is 4.74 Å². The Hall–Kier alpha value is -1.77. The van der Waals surface area contributed by atoms with Crippen LogP contribution in [-0.4, -0.2) is 43.9 Å². The maximum atomic E-state index is 14.0. The van der Waals surface area contributed by atoms with Crippen molar-refractivity contribution in [2.24, 2.45) is 0 Å². The average Bonchev–Trinajstić information content (AvgIpc) is 2.60. The summed E-state index contributed by atoms with van der Waals surface area (Å²) in [6.45, 7) is 0.444. The van der Waals surface area contributed by atoms with Crippen molar-refractivity contribution in [1.29, 1.82) is 0 Å². The van der Waals surface area contributed by atoms with Crippen LogP contribution in [0.3, 0.4) is 0 Å². The quantitative estimate of drug-likeness (QED) is 0.538. The van der Waals surface area contributed by atoms with Gasteiger partial charge in [-0.2, -0.15) is 0 Å². The molecular formula is C18H17BrFNO4S. The Morgan fingerprint density at radius 3 is 2.38 bits per heavy atom. The molecule has 1 saturated heterocycles. The van der Waals surface area contributed by atoms with Gasteiger partial charge in [0.1, 0.15) is 6.04 Å². The largest absolute Gasteiger partial charge is 0.422 e. The van der Waals surface area contributed by atoms with E-state index in [4.69, 9.17) is 4.74 Å². The van der Waals surface area contributed by atoms with Gasteiger partial charge in [0.15, 0.2) is 21.4 Å². The van der Waals surface area contributed by atoms with Gasteiger partial charge >= 0.3 is 5.97 Å². The average molecular weight is 442 g/mol. The summed E-state index contributed by atoms with van der Waals surface area (Å²) >= 11 is 3.16. The van der Waals surface area contributed by atoms with E-state index in [0.717, 1.165) is 0 Å². The molecule has 0 radical (unpaired) electrons. The molecule has 1 atom stereocenters. The predicted octanol–water partition coefficient (Wildman–Crippen LogP) is 2.97. The van der Waals surface area contributed by atoms with Crippen LogP contribution in [0.2, 0.25) is 0 Å². The highest BCUT2D eigenvalue weighted by Gasteiger charge is 2.34. The molecule has 1 heterocycles. The van der Waals surface area contributed by atoms with Crippen molar-refractivity contribution < 1.29 is 22.3 Å². The van der Waals surface area contributed by atoms with E-state index in [1.807, 2.05) is 6.07 Å². The molecule has 8 heteroatoms. The van der Waals surface area contributed by atoms with Crippen molar-refractivity contribution in [3.63, 3.8) is 0 Å². The molecule has 5 nitrogen and oxygen atoms in total. The third-order valence-corrected chi connectivity index (χ3v) is 6.29. The van der Waals surface area contributed by atoms with Crippen molar-refractivity contribution in [3.8, 4) is 5.75 Å². The van der Waals surface area contributed by atoms with E-state index in [2.05, 4.69) is 15.9 Å². The first-order chi connectivity index (χ1) is 12.4. The van der Waals surface area contributed by atoms with E-state index in [0.29, 0.717) is 10.0 Å². The number of carbonyl (C=O) groups is 1. The molecule has 1 unspecified atom stereocenters. The highest BCUT2D eigenvalue weighted by atomic mass is 79.9. The Morgan fingerprint density at radius 1 is 1.12 bits per heavy atom. The third kappa shape index (κ3) is 4.49. The van der Waals surface area contributed by atoms with E-state index in [-0.39, 0.29) is 30.3 Å². The standard InChI is InChI=1S/C18H17BrFNO4S/c19-14-6-7-16(15(20)12-14)25-18(22)17(13-4-2-1-3-5-13)21-8-10-26(23,24)11-9-21/h1-7,12,17H,8-11H2. The maximum Gasteiger partial charge on any atom is 0.333 e. The second-order valence-electron chi connectivity index (χ2n) is 6.00. The van der Waals surface area contributed by atoms with Gasteiger partial charge in [0, 0.05) is 17.6 Å². The lowest BCUT2D eigenvalue weighted by atomic mass is 10.1. The van der Waals surface area contributed by atoms with Crippen molar-refractivity contribution in [3.05, 3.63) is 64.4 Å². The molecule has 0 aromatic heterocycles. The van der Waals surface area contributed by atoms with Crippen molar-refractivity contribution in [2.75, 3.05) is 24.6 Å². The predicted molar refractivity (Wildman–Crippen MR) is 99.1 cm³/mol.